The molecule has 0 unspecified atom stereocenters. The number of hydrogen-bond donors (Lipinski definition) is 1. The number of rotatable bonds is 0. The summed E-state index contributed by atoms with van der Waals surface area (Å²) in [5, 5.41) is 2.99. The second-order valence-corrected chi connectivity index (χ2v) is 6.97. The van der Waals surface area contributed by atoms with Gasteiger partial charge in [0.25, 0.3) is 0 Å². The minimum absolute atomic E-state index is 0.0120. The molecule has 19 heavy (non-hydrogen) atoms. The Morgan fingerprint density at radius 2 is 1.89 bits per heavy atom. The second kappa shape index (κ2) is 4.26. The van der Waals surface area contributed by atoms with Crippen molar-refractivity contribution in [2.45, 2.75) is 59.0 Å². The van der Waals surface area contributed by atoms with Gasteiger partial charge in [-0.2, -0.15) is 0 Å². The summed E-state index contributed by atoms with van der Waals surface area (Å²) in [6, 6.07) is 4.14. The zero-order chi connectivity index (χ0) is 14.4. The molecule has 0 fully saturated rings. The van der Waals surface area contributed by atoms with E-state index in [4.69, 9.17) is 4.74 Å². The molecule has 104 valence electrons. The van der Waals surface area contributed by atoms with Gasteiger partial charge in [0.15, 0.2) is 0 Å². The van der Waals surface area contributed by atoms with Gasteiger partial charge in [-0.3, -0.25) is 4.79 Å². The maximum Gasteiger partial charge on any atom is 0.228 e. The number of carbonyl (C=O) groups excluding carboxylic acids is 1. The lowest BCUT2D eigenvalue weighted by Gasteiger charge is -2.29. The van der Waals surface area contributed by atoms with Crippen molar-refractivity contribution in [2.75, 3.05) is 5.32 Å². The van der Waals surface area contributed by atoms with Crippen LogP contribution in [0.25, 0.3) is 0 Å². The summed E-state index contributed by atoms with van der Waals surface area (Å²) in [4.78, 5) is 12.0. The lowest BCUT2D eigenvalue weighted by atomic mass is 9.85. The van der Waals surface area contributed by atoms with E-state index in [1.807, 2.05) is 26.8 Å². The second-order valence-electron chi connectivity index (χ2n) is 6.97. The molecule has 1 aromatic rings. The maximum atomic E-state index is 12.0. The maximum absolute atomic E-state index is 12.0. The van der Waals surface area contributed by atoms with Crippen LogP contribution in [0.3, 0.4) is 0 Å². The molecule has 0 atom stereocenters. The lowest BCUT2D eigenvalue weighted by molar-refractivity contribution is -0.118. The molecule has 3 nitrogen and oxygen atoms in total. The van der Waals surface area contributed by atoms with Crippen molar-refractivity contribution in [3.8, 4) is 5.75 Å². The Balaban J connectivity index is 2.67. The van der Waals surface area contributed by atoms with E-state index in [-0.39, 0.29) is 11.3 Å². The molecule has 0 bridgehead atoms. The van der Waals surface area contributed by atoms with Gasteiger partial charge in [-0.1, -0.05) is 32.9 Å². The van der Waals surface area contributed by atoms with Crippen molar-refractivity contribution in [3.63, 3.8) is 0 Å². The molecule has 0 saturated heterocycles. The SMILES string of the molecule is Cc1ccc(C(C)(C)C)c2c1NC(=O)CC(C)(C)O2. The Bertz CT molecular complexity index is 524. The van der Waals surface area contributed by atoms with Crippen LogP contribution in [0.2, 0.25) is 0 Å². The Kier molecular flexibility index (Phi) is 3.12. The van der Waals surface area contributed by atoms with Gasteiger partial charge >= 0.3 is 0 Å². The normalized spacial score (nSPS) is 18.1. The average molecular weight is 261 g/mol. The highest BCUT2D eigenvalue weighted by molar-refractivity contribution is 5.95. The van der Waals surface area contributed by atoms with Crippen LogP contribution in [0.4, 0.5) is 5.69 Å². The van der Waals surface area contributed by atoms with Gasteiger partial charge in [0.2, 0.25) is 5.91 Å². The molecular formula is C16H23NO2. The molecule has 0 saturated carbocycles. The third-order valence-electron chi connectivity index (χ3n) is 3.40. The Morgan fingerprint density at radius 3 is 2.47 bits per heavy atom. The highest BCUT2D eigenvalue weighted by atomic mass is 16.5. The Labute approximate surface area is 115 Å². The van der Waals surface area contributed by atoms with Gasteiger partial charge in [0.1, 0.15) is 11.4 Å². The van der Waals surface area contributed by atoms with E-state index < -0.39 is 5.60 Å². The Hall–Kier alpha value is -1.51. The smallest absolute Gasteiger partial charge is 0.228 e. The molecule has 1 amide bonds. The first kappa shape index (κ1) is 13.9. The van der Waals surface area contributed by atoms with Crippen LogP contribution in [0.1, 0.15) is 52.2 Å². The lowest BCUT2D eigenvalue weighted by Crippen LogP contribution is -2.31. The number of anilines is 1. The first-order valence-corrected chi connectivity index (χ1v) is 6.73. The molecule has 1 heterocycles. The van der Waals surface area contributed by atoms with Gasteiger partial charge < -0.3 is 10.1 Å². The van der Waals surface area contributed by atoms with Crippen molar-refractivity contribution >= 4 is 11.6 Å². The minimum Gasteiger partial charge on any atom is -0.485 e. The number of fused-ring (bicyclic) bond motifs is 1. The molecule has 1 aromatic carbocycles. The van der Waals surface area contributed by atoms with Crippen molar-refractivity contribution in [1.82, 2.24) is 0 Å². The number of nitrogens with one attached hydrogen (secondary N) is 1. The molecule has 1 N–H and O–H groups in total. The summed E-state index contributed by atoms with van der Waals surface area (Å²) in [6.07, 6.45) is 0.366. The summed E-state index contributed by atoms with van der Waals surface area (Å²) in [7, 11) is 0. The number of hydrogen-bond acceptors (Lipinski definition) is 2. The van der Waals surface area contributed by atoms with E-state index in [0.717, 1.165) is 22.6 Å². The predicted molar refractivity (Wildman–Crippen MR) is 77.8 cm³/mol. The van der Waals surface area contributed by atoms with E-state index in [9.17, 15) is 4.79 Å². The third kappa shape index (κ3) is 2.75. The molecule has 3 heteroatoms. The predicted octanol–water partition coefficient (Wildman–Crippen LogP) is 3.79. The summed E-state index contributed by atoms with van der Waals surface area (Å²) in [6.45, 7) is 12.4. The van der Waals surface area contributed by atoms with Crippen LogP contribution in [0.5, 0.6) is 5.75 Å². The van der Waals surface area contributed by atoms with Gasteiger partial charge in [0.05, 0.1) is 12.1 Å². The van der Waals surface area contributed by atoms with Gasteiger partial charge in [0, 0.05) is 5.56 Å². The van der Waals surface area contributed by atoms with E-state index in [1.54, 1.807) is 0 Å². The fourth-order valence-corrected chi connectivity index (χ4v) is 2.42. The summed E-state index contributed by atoms with van der Waals surface area (Å²) in [5.74, 6) is 0.834. The standard InChI is InChI=1S/C16H23NO2/c1-10-7-8-11(15(2,3)4)14-13(10)17-12(18)9-16(5,6)19-14/h7-8H,9H2,1-6H3,(H,17,18). The monoisotopic (exact) mass is 261 g/mol. The van der Waals surface area contributed by atoms with Crippen LogP contribution in [0, 0.1) is 6.92 Å². The van der Waals surface area contributed by atoms with E-state index in [0.29, 0.717) is 6.42 Å². The molecule has 0 radical (unpaired) electrons. The molecule has 1 aliphatic rings. The first-order chi connectivity index (χ1) is 8.60. The van der Waals surface area contributed by atoms with Crippen LogP contribution in [0.15, 0.2) is 12.1 Å². The highest BCUT2D eigenvalue weighted by Crippen LogP contribution is 2.42. The molecule has 0 aliphatic carbocycles. The van der Waals surface area contributed by atoms with Crippen LogP contribution in [-0.2, 0) is 10.2 Å². The summed E-state index contributed by atoms with van der Waals surface area (Å²) < 4.78 is 6.17. The van der Waals surface area contributed by atoms with Gasteiger partial charge in [-0.25, -0.2) is 0 Å². The zero-order valence-electron chi connectivity index (χ0n) is 12.7. The molecule has 2 rings (SSSR count). The Morgan fingerprint density at radius 1 is 1.26 bits per heavy atom. The summed E-state index contributed by atoms with van der Waals surface area (Å²) >= 11 is 0. The van der Waals surface area contributed by atoms with E-state index in [2.05, 4.69) is 32.2 Å². The largest absolute Gasteiger partial charge is 0.485 e. The van der Waals surface area contributed by atoms with Crippen molar-refractivity contribution in [3.05, 3.63) is 23.3 Å². The van der Waals surface area contributed by atoms with Crippen LogP contribution < -0.4 is 10.1 Å². The zero-order valence-corrected chi connectivity index (χ0v) is 12.7. The molecular weight excluding hydrogens is 238 g/mol. The molecule has 1 aliphatic heterocycles. The quantitative estimate of drug-likeness (QED) is 0.771. The molecule has 0 aromatic heterocycles. The van der Waals surface area contributed by atoms with E-state index >= 15 is 0 Å². The van der Waals surface area contributed by atoms with Gasteiger partial charge in [-0.05, 0) is 31.7 Å². The van der Waals surface area contributed by atoms with Crippen molar-refractivity contribution < 1.29 is 9.53 Å². The number of ether oxygens (including phenoxy) is 1. The number of carbonyl (C=O) groups is 1. The van der Waals surface area contributed by atoms with Crippen LogP contribution >= 0.6 is 0 Å². The van der Waals surface area contributed by atoms with Crippen LogP contribution in [-0.4, -0.2) is 11.5 Å². The first-order valence-electron chi connectivity index (χ1n) is 6.73. The third-order valence-corrected chi connectivity index (χ3v) is 3.40. The fourth-order valence-electron chi connectivity index (χ4n) is 2.42. The van der Waals surface area contributed by atoms with Crippen molar-refractivity contribution in [1.29, 1.82) is 0 Å². The fraction of sp³-hybridized carbons (Fsp3) is 0.562. The summed E-state index contributed by atoms with van der Waals surface area (Å²) in [5.41, 5.74) is 2.48. The van der Waals surface area contributed by atoms with Gasteiger partial charge in [-0.15, -0.1) is 0 Å². The topological polar surface area (TPSA) is 38.3 Å². The number of benzene rings is 1. The van der Waals surface area contributed by atoms with E-state index in [1.165, 1.54) is 0 Å². The molecule has 0 spiro atoms. The highest BCUT2D eigenvalue weighted by Gasteiger charge is 2.33. The average Bonchev–Trinajstić information content (AvgIpc) is 2.31. The number of amides is 1. The minimum atomic E-state index is -0.483. The van der Waals surface area contributed by atoms with Crippen molar-refractivity contribution in [2.24, 2.45) is 0 Å². The number of aryl methyl sites for hydroxylation is 1.